The lowest BCUT2D eigenvalue weighted by Crippen LogP contribution is -2.16. The molecule has 1 atom stereocenters. The Morgan fingerprint density at radius 3 is 2.53 bits per heavy atom. The minimum absolute atomic E-state index is 0.266. The van der Waals surface area contributed by atoms with Crippen LogP contribution in [0.15, 0.2) is 23.8 Å². The molecule has 0 aliphatic carbocycles. The van der Waals surface area contributed by atoms with E-state index in [1.54, 1.807) is 0 Å². The minimum Gasteiger partial charge on any atom is -0.458 e. The van der Waals surface area contributed by atoms with E-state index in [0.717, 1.165) is 17.6 Å². The zero-order chi connectivity index (χ0) is 11.8. The van der Waals surface area contributed by atoms with Crippen LogP contribution in [0.2, 0.25) is 0 Å². The van der Waals surface area contributed by atoms with Gasteiger partial charge >= 0.3 is 5.97 Å². The molecule has 0 aromatic carbocycles. The van der Waals surface area contributed by atoms with Gasteiger partial charge in [0.2, 0.25) is 0 Å². The summed E-state index contributed by atoms with van der Waals surface area (Å²) in [5.41, 5.74) is 1.75. The summed E-state index contributed by atoms with van der Waals surface area (Å²) in [5.74, 6) is 2.29. The zero-order valence-corrected chi connectivity index (χ0v) is 9.67. The predicted octanol–water partition coefficient (Wildman–Crippen LogP) is 2.85. The van der Waals surface area contributed by atoms with Gasteiger partial charge in [0.1, 0.15) is 6.10 Å². The number of hydrogen-bond donors (Lipinski definition) is 0. The van der Waals surface area contributed by atoms with Crippen molar-refractivity contribution in [2.24, 2.45) is 0 Å². The maximum absolute atomic E-state index is 10.8. The van der Waals surface area contributed by atoms with Gasteiger partial charge in [0.25, 0.3) is 0 Å². The van der Waals surface area contributed by atoms with Crippen LogP contribution in [0.1, 0.15) is 33.6 Å². The van der Waals surface area contributed by atoms with E-state index < -0.39 is 0 Å². The molecule has 0 saturated carbocycles. The molecule has 0 aliphatic rings. The van der Waals surface area contributed by atoms with Crippen LogP contribution in [0.4, 0.5) is 0 Å². The third-order valence-electron chi connectivity index (χ3n) is 2.00. The van der Waals surface area contributed by atoms with Crippen molar-refractivity contribution >= 4 is 5.97 Å². The summed E-state index contributed by atoms with van der Waals surface area (Å²) in [6.45, 7) is 9.00. The Kier molecular flexibility index (Phi) is 6.21. The van der Waals surface area contributed by atoms with Crippen molar-refractivity contribution in [1.29, 1.82) is 0 Å². The molecule has 0 heterocycles. The first-order valence-electron chi connectivity index (χ1n) is 4.99. The summed E-state index contributed by atoms with van der Waals surface area (Å²) in [6, 6.07) is 0. The van der Waals surface area contributed by atoms with Gasteiger partial charge in [0.05, 0.1) is 0 Å². The smallest absolute Gasteiger partial charge is 0.303 e. The van der Waals surface area contributed by atoms with Gasteiger partial charge in [-0.3, -0.25) is 4.79 Å². The Labute approximate surface area is 92.0 Å². The van der Waals surface area contributed by atoms with E-state index >= 15 is 0 Å². The molecule has 2 nitrogen and oxygen atoms in total. The third kappa shape index (κ3) is 5.74. The summed E-state index contributed by atoms with van der Waals surface area (Å²) in [6.07, 6.45) is 8.37. The van der Waals surface area contributed by atoms with Gasteiger partial charge in [-0.05, 0) is 24.5 Å². The molecule has 0 N–H and O–H groups in total. The maximum atomic E-state index is 10.8. The van der Waals surface area contributed by atoms with Crippen LogP contribution in [-0.4, -0.2) is 12.1 Å². The topological polar surface area (TPSA) is 26.3 Å². The minimum atomic E-state index is -0.296. The summed E-state index contributed by atoms with van der Waals surface area (Å²) in [7, 11) is 0. The number of terminal acetylenes is 1. The van der Waals surface area contributed by atoms with E-state index in [2.05, 4.69) is 12.5 Å². The van der Waals surface area contributed by atoms with Gasteiger partial charge in [0, 0.05) is 13.3 Å². The number of rotatable bonds is 5. The Bertz CT molecular complexity index is 305. The van der Waals surface area contributed by atoms with E-state index in [1.807, 2.05) is 19.9 Å². The Balaban J connectivity index is 4.43. The predicted molar refractivity (Wildman–Crippen MR) is 62.2 cm³/mol. The largest absolute Gasteiger partial charge is 0.458 e. The summed E-state index contributed by atoms with van der Waals surface area (Å²) >= 11 is 0. The lowest BCUT2D eigenvalue weighted by molar-refractivity contribution is -0.144. The quantitative estimate of drug-likeness (QED) is 0.393. The molecule has 0 spiro atoms. The van der Waals surface area contributed by atoms with Crippen LogP contribution in [0.5, 0.6) is 0 Å². The second kappa shape index (κ2) is 6.89. The van der Waals surface area contributed by atoms with Crippen molar-refractivity contribution in [3.8, 4) is 12.3 Å². The fourth-order valence-corrected chi connectivity index (χ4v) is 1.10. The van der Waals surface area contributed by atoms with Crippen LogP contribution in [0.25, 0.3) is 0 Å². The zero-order valence-electron chi connectivity index (χ0n) is 9.67. The number of esters is 1. The van der Waals surface area contributed by atoms with Crippen molar-refractivity contribution in [2.45, 2.75) is 39.7 Å². The van der Waals surface area contributed by atoms with E-state index in [0.29, 0.717) is 6.42 Å². The van der Waals surface area contributed by atoms with E-state index in [1.165, 1.54) is 6.92 Å². The highest BCUT2D eigenvalue weighted by atomic mass is 16.5. The molecule has 1 unspecified atom stereocenters. The van der Waals surface area contributed by atoms with Gasteiger partial charge in [-0.1, -0.05) is 25.5 Å². The van der Waals surface area contributed by atoms with Crippen molar-refractivity contribution < 1.29 is 9.53 Å². The lowest BCUT2D eigenvalue weighted by atomic mass is 10.1. The average Bonchev–Trinajstić information content (AvgIpc) is 2.16. The first-order valence-corrected chi connectivity index (χ1v) is 4.99. The highest BCUT2D eigenvalue weighted by Gasteiger charge is 2.10. The second-order valence-corrected chi connectivity index (χ2v) is 3.41. The highest BCUT2D eigenvalue weighted by Crippen LogP contribution is 2.12. The van der Waals surface area contributed by atoms with Crippen LogP contribution in [-0.2, 0) is 9.53 Å². The molecule has 0 amide bonds. The normalized spacial score (nSPS) is 12.8. The Hall–Kier alpha value is -1.49. The molecule has 0 fully saturated rings. The summed E-state index contributed by atoms with van der Waals surface area (Å²) in [4.78, 5) is 10.8. The molecule has 82 valence electrons. The molecular formula is C13H18O2. The van der Waals surface area contributed by atoms with Crippen LogP contribution >= 0.6 is 0 Å². The van der Waals surface area contributed by atoms with Gasteiger partial charge in [0.15, 0.2) is 0 Å². The maximum Gasteiger partial charge on any atom is 0.303 e. The van der Waals surface area contributed by atoms with Crippen LogP contribution < -0.4 is 0 Å². The number of ether oxygens (including phenoxy) is 1. The molecular weight excluding hydrogens is 188 g/mol. The van der Waals surface area contributed by atoms with E-state index in [-0.39, 0.29) is 12.1 Å². The molecule has 0 radical (unpaired) electrons. The van der Waals surface area contributed by atoms with E-state index in [9.17, 15) is 4.79 Å². The number of carbonyl (C=O) groups is 1. The molecule has 0 aromatic rings. The van der Waals surface area contributed by atoms with Gasteiger partial charge in [-0.15, -0.1) is 6.42 Å². The molecule has 0 bridgehead atoms. The average molecular weight is 206 g/mol. The van der Waals surface area contributed by atoms with Crippen molar-refractivity contribution in [2.75, 3.05) is 0 Å². The lowest BCUT2D eigenvalue weighted by Gasteiger charge is -2.15. The molecule has 0 rings (SSSR count). The fraction of sp³-hybridized carbons (Fsp3) is 0.462. The molecule has 15 heavy (non-hydrogen) atoms. The Morgan fingerprint density at radius 1 is 1.60 bits per heavy atom. The summed E-state index contributed by atoms with van der Waals surface area (Å²) < 4.78 is 5.10. The fourth-order valence-electron chi connectivity index (χ4n) is 1.10. The van der Waals surface area contributed by atoms with Gasteiger partial charge < -0.3 is 4.74 Å². The number of carbonyl (C=O) groups excluding carboxylic acids is 1. The molecule has 2 heteroatoms. The molecule has 0 aromatic heterocycles. The number of allylic oxidation sites excluding steroid dienone is 1. The summed E-state index contributed by atoms with van der Waals surface area (Å²) in [5, 5.41) is 0. The van der Waals surface area contributed by atoms with Crippen LogP contribution in [0.3, 0.4) is 0 Å². The second-order valence-electron chi connectivity index (χ2n) is 3.41. The standard InChI is InChI=1S/C13H18O2/c1-6-12(7-2)8-9-13(10(3)4)15-11(5)14/h1,8,13H,3,7,9H2,2,4-5H3/b12-8+. The van der Waals surface area contributed by atoms with Crippen molar-refractivity contribution in [1.82, 2.24) is 0 Å². The number of hydrogen-bond acceptors (Lipinski definition) is 2. The molecule has 0 saturated heterocycles. The SMILES string of the molecule is C#C/C(=C\CC(OC(C)=O)C(=C)C)CC. The molecule has 0 aliphatic heterocycles. The monoisotopic (exact) mass is 206 g/mol. The first kappa shape index (κ1) is 13.5. The highest BCUT2D eigenvalue weighted by molar-refractivity contribution is 5.66. The third-order valence-corrected chi connectivity index (χ3v) is 2.00. The first-order chi connectivity index (χ1) is 7.01. The van der Waals surface area contributed by atoms with Gasteiger partial charge in [-0.2, -0.15) is 0 Å². The van der Waals surface area contributed by atoms with Crippen LogP contribution in [0, 0.1) is 12.3 Å². The van der Waals surface area contributed by atoms with Crippen molar-refractivity contribution in [3.05, 3.63) is 23.8 Å². The van der Waals surface area contributed by atoms with Crippen molar-refractivity contribution in [3.63, 3.8) is 0 Å². The van der Waals surface area contributed by atoms with Gasteiger partial charge in [-0.25, -0.2) is 0 Å². The van der Waals surface area contributed by atoms with E-state index in [4.69, 9.17) is 11.2 Å². The Morgan fingerprint density at radius 2 is 2.20 bits per heavy atom.